The lowest BCUT2D eigenvalue weighted by Gasteiger charge is -2.34. The van der Waals surface area contributed by atoms with Crippen LogP contribution in [0.25, 0.3) is 0 Å². The third-order valence-electron chi connectivity index (χ3n) is 3.93. The van der Waals surface area contributed by atoms with E-state index in [1.807, 2.05) is 39.5 Å². The lowest BCUT2D eigenvalue weighted by Crippen LogP contribution is -2.33. The van der Waals surface area contributed by atoms with Crippen LogP contribution in [-0.2, 0) is 0 Å². The van der Waals surface area contributed by atoms with E-state index in [0.29, 0.717) is 6.04 Å². The minimum Gasteiger partial charge on any atom is -0.295 e. The summed E-state index contributed by atoms with van der Waals surface area (Å²) in [5.41, 5.74) is 1.56. The van der Waals surface area contributed by atoms with E-state index in [1.165, 1.54) is 49.7 Å². The molecule has 3 rings (SSSR count). The summed E-state index contributed by atoms with van der Waals surface area (Å²) in [6, 6.07) is 9.62. The number of benzene rings is 1. The molecule has 1 aromatic rings. The van der Waals surface area contributed by atoms with Crippen molar-refractivity contribution in [1.29, 1.82) is 0 Å². The van der Waals surface area contributed by atoms with Crippen LogP contribution < -0.4 is 0 Å². The Hall–Kier alpha value is -0.0800. The lowest BCUT2D eigenvalue weighted by atomic mass is 10.0. The van der Waals surface area contributed by atoms with Gasteiger partial charge in [-0.1, -0.05) is 55.3 Å². The van der Waals surface area contributed by atoms with Crippen molar-refractivity contribution < 1.29 is 0 Å². The first-order valence-electron chi connectivity index (χ1n) is 8.80. The van der Waals surface area contributed by atoms with E-state index in [2.05, 4.69) is 43.2 Å². The normalized spacial score (nSPS) is 22.3. The molecule has 2 atom stereocenters. The van der Waals surface area contributed by atoms with Gasteiger partial charge in [0.15, 0.2) is 0 Å². The van der Waals surface area contributed by atoms with Gasteiger partial charge >= 0.3 is 0 Å². The first kappa shape index (κ1) is 20.0. The zero-order valence-corrected chi connectivity index (χ0v) is 16.7. The largest absolute Gasteiger partial charge is 0.295 e. The summed E-state index contributed by atoms with van der Waals surface area (Å²) in [7, 11) is 2.86. The van der Waals surface area contributed by atoms with Gasteiger partial charge in [-0.2, -0.15) is 0 Å². The van der Waals surface area contributed by atoms with E-state index in [0.717, 1.165) is 0 Å². The van der Waals surface area contributed by atoms with Crippen LogP contribution in [0.15, 0.2) is 29.2 Å². The van der Waals surface area contributed by atoms with Crippen molar-refractivity contribution in [2.24, 2.45) is 0 Å². The summed E-state index contributed by atoms with van der Waals surface area (Å²) in [6.45, 7) is 12.8. The maximum atomic E-state index is 2.86. The Kier molecular flexibility index (Phi) is 10.4. The van der Waals surface area contributed by atoms with E-state index >= 15 is 0 Å². The first-order chi connectivity index (χ1) is 10.8. The van der Waals surface area contributed by atoms with Gasteiger partial charge in [0, 0.05) is 37.1 Å². The second-order valence-electron chi connectivity index (χ2n) is 5.12. The van der Waals surface area contributed by atoms with Crippen LogP contribution >= 0.6 is 21.2 Å². The molecule has 0 spiro atoms. The summed E-state index contributed by atoms with van der Waals surface area (Å²) in [6.07, 6.45) is 2.59. The van der Waals surface area contributed by atoms with Gasteiger partial charge in [-0.15, -0.1) is 11.8 Å². The van der Waals surface area contributed by atoms with Crippen molar-refractivity contribution in [3.05, 3.63) is 29.8 Å². The van der Waals surface area contributed by atoms with Crippen LogP contribution in [0.5, 0.6) is 0 Å². The standard InChI is InChI=1S/C14H21N2PS.2C2H6/c17-16-8-3-7-15(9-10-16)13-6-11-18-14-5-2-1-4-12(13)14;2*1-2/h1-2,4-5,13H,3,6-11,17H2;2*1-2H3. The van der Waals surface area contributed by atoms with Gasteiger partial charge in [0.25, 0.3) is 0 Å². The predicted molar refractivity (Wildman–Crippen MR) is 105 cm³/mol. The Labute approximate surface area is 144 Å². The average molecular weight is 341 g/mol. The molecule has 0 bridgehead atoms. The maximum absolute atomic E-state index is 2.86. The van der Waals surface area contributed by atoms with Gasteiger partial charge in [0.2, 0.25) is 0 Å². The number of thioether (sulfide) groups is 1. The number of rotatable bonds is 1. The van der Waals surface area contributed by atoms with Crippen LogP contribution in [0, 0.1) is 0 Å². The summed E-state index contributed by atoms with van der Waals surface area (Å²) < 4.78 is 2.38. The van der Waals surface area contributed by atoms with E-state index in [9.17, 15) is 0 Å². The van der Waals surface area contributed by atoms with Crippen LogP contribution in [0.1, 0.15) is 52.1 Å². The van der Waals surface area contributed by atoms with Crippen LogP contribution in [0.4, 0.5) is 0 Å². The fourth-order valence-corrected chi connectivity index (χ4v) is 4.38. The molecule has 0 N–H and O–H groups in total. The molecule has 1 fully saturated rings. The zero-order chi connectivity index (χ0) is 16.4. The van der Waals surface area contributed by atoms with E-state index in [1.54, 1.807) is 5.56 Å². The summed E-state index contributed by atoms with van der Waals surface area (Å²) in [5, 5.41) is 0. The predicted octanol–water partition coefficient (Wildman–Crippen LogP) is 5.07. The highest BCUT2D eigenvalue weighted by Crippen LogP contribution is 2.39. The molecule has 0 aromatic heterocycles. The van der Waals surface area contributed by atoms with Crippen molar-refractivity contribution in [3.63, 3.8) is 0 Å². The topological polar surface area (TPSA) is 6.48 Å². The number of nitrogens with zero attached hydrogens (tertiary/aromatic N) is 2. The second-order valence-corrected chi connectivity index (χ2v) is 6.98. The van der Waals surface area contributed by atoms with Crippen LogP contribution in [0.3, 0.4) is 0 Å². The molecule has 126 valence electrons. The van der Waals surface area contributed by atoms with E-state index in [-0.39, 0.29) is 0 Å². The molecule has 22 heavy (non-hydrogen) atoms. The van der Waals surface area contributed by atoms with Crippen LogP contribution in [0.2, 0.25) is 0 Å². The lowest BCUT2D eigenvalue weighted by molar-refractivity contribution is 0.200. The monoisotopic (exact) mass is 340 g/mol. The summed E-state index contributed by atoms with van der Waals surface area (Å²) in [5.74, 6) is 1.27. The van der Waals surface area contributed by atoms with E-state index < -0.39 is 0 Å². The molecule has 2 heterocycles. The average Bonchev–Trinajstić information content (AvgIpc) is 2.82. The Morgan fingerprint density at radius 3 is 2.50 bits per heavy atom. The molecule has 0 saturated carbocycles. The Morgan fingerprint density at radius 1 is 1.00 bits per heavy atom. The van der Waals surface area contributed by atoms with Crippen molar-refractivity contribution >= 4 is 21.2 Å². The molecule has 2 unspecified atom stereocenters. The molecule has 0 radical (unpaired) electrons. The highest BCUT2D eigenvalue weighted by Gasteiger charge is 2.26. The van der Waals surface area contributed by atoms with Gasteiger partial charge in [-0.25, -0.2) is 0 Å². The summed E-state index contributed by atoms with van der Waals surface area (Å²) in [4.78, 5) is 4.20. The molecule has 0 amide bonds. The Balaban J connectivity index is 0.000000561. The van der Waals surface area contributed by atoms with Gasteiger partial charge in [0.1, 0.15) is 0 Å². The minimum atomic E-state index is 0.652. The molecule has 4 heteroatoms. The molecule has 2 aliphatic rings. The Bertz CT molecular complexity index is 414. The fourth-order valence-electron chi connectivity index (χ4n) is 2.97. The third kappa shape index (κ3) is 5.53. The molecule has 2 aliphatic heterocycles. The number of hydrogen-bond acceptors (Lipinski definition) is 3. The minimum absolute atomic E-state index is 0.652. The van der Waals surface area contributed by atoms with Crippen molar-refractivity contribution in [3.8, 4) is 0 Å². The van der Waals surface area contributed by atoms with Gasteiger partial charge in [-0.05, 0) is 30.2 Å². The molecular weight excluding hydrogens is 307 g/mol. The Morgan fingerprint density at radius 2 is 1.73 bits per heavy atom. The fraction of sp³-hybridized carbons (Fsp3) is 0.667. The molecule has 0 aliphatic carbocycles. The first-order valence-corrected chi connectivity index (χ1v) is 10.3. The SMILES string of the molecule is CC.CC.PN1CCCN(C2CCSc3ccccc32)CC1. The van der Waals surface area contributed by atoms with Crippen molar-refractivity contribution in [2.75, 3.05) is 31.9 Å². The van der Waals surface area contributed by atoms with Gasteiger partial charge in [0.05, 0.1) is 0 Å². The van der Waals surface area contributed by atoms with E-state index in [4.69, 9.17) is 0 Å². The number of hydrogen-bond donors (Lipinski definition) is 0. The third-order valence-corrected chi connectivity index (χ3v) is 5.57. The van der Waals surface area contributed by atoms with Crippen molar-refractivity contribution in [1.82, 2.24) is 9.57 Å². The number of fused-ring (bicyclic) bond motifs is 1. The highest BCUT2D eigenvalue weighted by atomic mass is 32.2. The quantitative estimate of drug-likeness (QED) is 0.659. The second kappa shape index (κ2) is 11.5. The van der Waals surface area contributed by atoms with Crippen LogP contribution in [-0.4, -0.2) is 41.5 Å². The summed E-state index contributed by atoms with van der Waals surface area (Å²) >= 11 is 2.02. The highest BCUT2D eigenvalue weighted by molar-refractivity contribution is 7.99. The molecule has 1 aromatic carbocycles. The maximum Gasteiger partial charge on any atom is 0.0367 e. The smallest absolute Gasteiger partial charge is 0.0367 e. The van der Waals surface area contributed by atoms with Gasteiger partial charge in [-0.3, -0.25) is 9.57 Å². The zero-order valence-electron chi connectivity index (χ0n) is 14.7. The van der Waals surface area contributed by atoms with Crippen molar-refractivity contribution in [2.45, 2.75) is 51.5 Å². The van der Waals surface area contributed by atoms with Gasteiger partial charge < -0.3 is 0 Å². The molecule has 1 saturated heterocycles. The molecular formula is C18H33N2PS. The molecule has 2 nitrogen and oxygen atoms in total.